The van der Waals surface area contributed by atoms with Crippen molar-refractivity contribution in [3.8, 4) is 0 Å². The van der Waals surface area contributed by atoms with E-state index in [0.29, 0.717) is 5.57 Å². The Hall–Kier alpha value is 0.190. The first kappa shape index (κ1) is 10.2. The summed E-state index contributed by atoms with van der Waals surface area (Å²) in [5, 5.41) is -0.535. The summed E-state index contributed by atoms with van der Waals surface area (Å²) < 4.78 is 0.00569. The zero-order chi connectivity index (χ0) is 8.15. The van der Waals surface area contributed by atoms with Gasteiger partial charge in [0.2, 0.25) is 0 Å². The van der Waals surface area contributed by atoms with Crippen LogP contribution in [-0.4, -0.2) is 9.17 Å². The second-order valence-corrected chi connectivity index (χ2v) is 3.81. The van der Waals surface area contributed by atoms with Crippen LogP contribution < -0.4 is 5.90 Å². The zero-order valence-electron chi connectivity index (χ0n) is 5.30. The summed E-state index contributed by atoms with van der Waals surface area (Å²) in [4.78, 5) is 14.7. The maximum Gasteiger partial charge on any atom is 0.252 e. The molecular formula is C5H7ClINO2. The van der Waals surface area contributed by atoms with Crippen molar-refractivity contribution in [2.75, 3.05) is 0 Å². The molecule has 0 saturated heterocycles. The number of allylic oxidation sites excluding steroid dienone is 1. The summed E-state index contributed by atoms with van der Waals surface area (Å²) in [5.41, 5.74) is 0.366. The average molecular weight is 275 g/mol. The van der Waals surface area contributed by atoms with E-state index in [9.17, 15) is 4.79 Å². The lowest BCUT2D eigenvalue weighted by atomic mass is 10.2. The van der Waals surface area contributed by atoms with E-state index in [-0.39, 0.29) is 3.92 Å². The van der Waals surface area contributed by atoms with Crippen molar-refractivity contribution < 1.29 is 9.63 Å². The highest BCUT2D eigenvalue weighted by atomic mass is 127. The molecule has 0 saturated carbocycles. The van der Waals surface area contributed by atoms with Gasteiger partial charge in [-0.25, -0.2) is 0 Å². The minimum Gasteiger partial charge on any atom is -0.419 e. The van der Waals surface area contributed by atoms with Gasteiger partial charge in [0.15, 0.2) is 0 Å². The lowest BCUT2D eigenvalue weighted by molar-refractivity contribution is -0.108. The summed E-state index contributed by atoms with van der Waals surface area (Å²) in [7, 11) is 0. The third-order valence-electron chi connectivity index (χ3n) is 0.851. The topological polar surface area (TPSA) is 52.3 Å². The summed E-state index contributed by atoms with van der Waals surface area (Å²) in [6, 6.07) is 0. The van der Waals surface area contributed by atoms with Gasteiger partial charge in [-0.15, -0.1) is 0 Å². The fraction of sp³-hybridized carbons (Fsp3) is 0.400. The van der Waals surface area contributed by atoms with E-state index in [1.54, 1.807) is 0 Å². The van der Waals surface area contributed by atoms with Crippen molar-refractivity contribution >= 4 is 39.4 Å². The summed E-state index contributed by atoms with van der Waals surface area (Å²) in [6.07, 6.45) is 1.15. The van der Waals surface area contributed by atoms with Crippen molar-refractivity contribution in [3.05, 3.63) is 11.8 Å². The van der Waals surface area contributed by atoms with Crippen LogP contribution in [0, 0.1) is 0 Å². The molecule has 10 heavy (non-hydrogen) atoms. The Morgan fingerprint density at radius 1 is 1.90 bits per heavy atom. The highest BCUT2D eigenvalue weighted by Gasteiger charge is 2.11. The Bertz CT molecular complexity index is 158. The smallest absolute Gasteiger partial charge is 0.252 e. The minimum absolute atomic E-state index is 0.00569. The van der Waals surface area contributed by atoms with E-state index in [4.69, 9.17) is 17.5 Å². The predicted molar refractivity (Wildman–Crippen MR) is 47.7 cm³/mol. The van der Waals surface area contributed by atoms with Crippen LogP contribution in [0.1, 0.15) is 6.92 Å². The number of carbonyl (C=O) groups excluding carboxylic acids is 1. The molecule has 0 aromatic heterocycles. The van der Waals surface area contributed by atoms with Gasteiger partial charge in [0.1, 0.15) is 6.26 Å². The second-order valence-electron chi connectivity index (χ2n) is 1.60. The van der Waals surface area contributed by atoms with E-state index >= 15 is 0 Å². The first-order valence-electron chi connectivity index (χ1n) is 2.49. The molecule has 1 atom stereocenters. The molecule has 0 aliphatic rings. The number of nitrogens with two attached hydrogens (primary N) is 1. The van der Waals surface area contributed by atoms with Crippen LogP contribution in [0.25, 0.3) is 0 Å². The lowest BCUT2D eigenvalue weighted by Gasteiger charge is -2.01. The number of halogens is 2. The first-order valence-corrected chi connectivity index (χ1v) is 4.11. The van der Waals surface area contributed by atoms with Crippen molar-refractivity contribution in [1.82, 2.24) is 0 Å². The SMILES string of the molecule is CC(I)/C(=C\ON)C(=O)Cl. The number of hydrogen-bond acceptors (Lipinski definition) is 3. The monoisotopic (exact) mass is 275 g/mol. The standard InChI is InChI=1S/C5H7ClINO2/c1-3(7)4(2-10-8)5(6)9/h2-3H,8H2,1H3/b4-2+. The average Bonchev–Trinajstić information content (AvgIpc) is 1.81. The second kappa shape index (κ2) is 4.92. The molecule has 2 N–H and O–H groups in total. The Morgan fingerprint density at radius 3 is 2.50 bits per heavy atom. The molecule has 0 heterocycles. The molecule has 0 radical (unpaired) electrons. The molecule has 0 aromatic carbocycles. The first-order chi connectivity index (χ1) is 4.59. The normalized spacial score (nSPS) is 14.6. The fourth-order valence-electron chi connectivity index (χ4n) is 0.370. The fourth-order valence-corrected chi connectivity index (χ4v) is 1.19. The van der Waals surface area contributed by atoms with Gasteiger partial charge < -0.3 is 4.84 Å². The van der Waals surface area contributed by atoms with Gasteiger partial charge >= 0.3 is 0 Å². The van der Waals surface area contributed by atoms with E-state index in [1.165, 1.54) is 0 Å². The third kappa shape index (κ3) is 3.38. The maximum absolute atomic E-state index is 10.5. The number of hydrogen-bond donors (Lipinski definition) is 1. The molecule has 5 heteroatoms. The highest BCUT2D eigenvalue weighted by Crippen LogP contribution is 2.14. The van der Waals surface area contributed by atoms with E-state index in [1.807, 2.05) is 29.5 Å². The van der Waals surface area contributed by atoms with Gasteiger partial charge in [-0.3, -0.25) is 4.79 Å². The van der Waals surface area contributed by atoms with Crippen LogP contribution in [0.15, 0.2) is 11.8 Å². The van der Waals surface area contributed by atoms with Crippen LogP contribution in [-0.2, 0) is 9.63 Å². The van der Waals surface area contributed by atoms with Gasteiger partial charge in [-0.1, -0.05) is 22.6 Å². The number of carbonyl (C=O) groups is 1. The van der Waals surface area contributed by atoms with Gasteiger partial charge in [0.25, 0.3) is 5.24 Å². The number of rotatable bonds is 3. The Kier molecular flexibility index (Phi) is 5.02. The summed E-state index contributed by atoms with van der Waals surface area (Å²) >= 11 is 7.20. The minimum atomic E-state index is -0.535. The van der Waals surface area contributed by atoms with Crippen molar-refractivity contribution in [2.24, 2.45) is 5.90 Å². The molecule has 58 valence electrons. The summed E-state index contributed by atoms with van der Waals surface area (Å²) in [5.74, 6) is 4.71. The van der Waals surface area contributed by atoms with Gasteiger partial charge in [-0.05, 0) is 18.5 Å². The molecule has 0 amide bonds. The molecule has 0 aliphatic heterocycles. The van der Waals surface area contributed by atoms with Gasteiger partial charge in [-0.2, -0.15) is 5.90 Å². The highest BCUT2D eigenvalue weighted by molar-refractivity contribution is 14.1. The molecule has 0 fully saturated rings. The van der Waals surface area contributed by atoms with Crippen molar-refractivity contribution in [3.63, 3.8) is 0 Å². The molecule has 0 rings (SSSR count). The third-order valence-corrected chi connectivity index (χ3v) is 1.74. The van der Waals surface area contributed by atoms with Crippen molar-refractivity contribution in [2.45, 2.75) is 10.8 Å². The van der Waals surface area contributed by atoms with Crippen molar-refractivity contribution in [1.29, 1.82) is 0 Å². The van der Waals surface area contributed by atoms with Gasteiger partial charge in [0.05, 0.1) is 5.57 Å². The van der Waals surface area contributed by atoms with E-state index < -0.39 is 5.24 Å². The maximum atomic E-state index is 10.5. The largest absolute Gasteiger partial charge is 0.419 e. The van der Waals surface area contributed by atoms with Crippen LogP contribution in [0.3, 0.4) is 0 Å². The molecule has 0 aromatic rings. The lowest BCUT2D eigenvalue weighted by Crippen LogP contribution is -2.06. The molecule has 0 aliphatic carbocycles. The van der Waals surface area contributed by atoms with Gasteiger partial charge in [0, 0.05) is 3.92 Å². The Morgan fingerprint density at radius 2 is 2.40 bits per heavy atom. The predicted octanol–water partition coefficient (Wildman–Crippen LogP) is 1.35. The van der Waals surface area contributed by atoms with Crippen LogP contribution in [0.4, 0.5) is 0 Å². The molecule has 1 unspecified atom stereocenters. The van der Waals surface area contributed by atoms with Crippen LogP contribution in [0.5, 0.6) is 0 Å². The quantitative estimate of drug-likeness (QED) is 0.211. The Balaban J connectivity index is 4.27. The molecule has 3 nitrogen and oxygen atoms in total. The van der Waals surface area contributed by atoms with Crippen LogP contribution >= 0.6 is 34.2 Å². The van der Waals surface area contributed by atoms with Crippen LogP contribution in [0.2, 0.25) is 0 Å². The molecule has 0 bridgehead atoms. The summed E-state index contributed by atoms with van der Waals surface area (Å²) in [6.45, 7) is 1.81. The van der Waals surface area contributed by atoms with E-state index in [2.05, 4.69) is 4.84 Å². The Labute approximate surface area is 77.6 Å². The van der Waals surface area contributed by atoms with E-state index in [0.717, 1.165) is 6.26 Å². The molecule has 0 spiro atoms. The molecular weight excluding hydrogens is 268 g/mol. The number of alkyl halides is 1. The zero-order valence-corrected chi connectivity index (χ0v) is 8.22.